The maximum absolute atomic E-state index is 10.5. The topological polar surface area (TPSA) is 39.2 Å². The molecule has 0 amide bonds. The summed E-state index contributed by atoms with van der Waals surface area (Å²) in [5.74, 6) is 1.00. The van der Waals surface area contributed by atoms with Crippen LogP contribution in [0.1, 0.15) is 45.2 Å². The minimum Gasteiger partial charge on any atom is -0.497 e. The predicted molar refractivity (Wildman–Crippen MR) is 102 cm³/mol. The molecule has 0 spiro atoms. The zero-order valence-electron chi connectivity index (χ0n) is 15.5. The number of carbonyl (C=O) groups is 1. The van der Waals surface area contributed by atoms with E-state index >= 15 is 0 Å². The number of hydrogen-bond donors (Lipinski definition) is 0. The van der Waals surface area contributed by atoms with Gasteiger partial charge in [0.25, 0.3) is 0 Å². The Morgan fingerprint density at radius 3 is 2.50 bits per heavy atom. The van der Waals surface area contributed by atoms with Gasteiger partial charge >= 0.3 is 0 Å². The summed E-state index contributed by atoms with van der Waals surface area (Å²) in [6.07, 6.45) is 9.00. The maximum atomic E-state index is 10.5. The van der Waals surface area contributed by atoms with Gasteiger partial charge in [-0.1, -0.05) is 45.4 Å². The van der Waals surface area contributed by atoms with E-state index in [1.807, 2.05) is 38.1 Å². The average Bonchev–Trinajstić information content (AvgIpc) is 2.63. The van der Waals surface area contributed by atoms with Gasteiger partial charge < -0.3 is 4.74 Å². The minimum absolute atomic E-state index is 0.0499. The van der Waals surface area contributed by atoms with E-state index in [2.05, 4.69) is 24.0 Å². The lowest BCUT2D eigenvalue weighted by Gasteiger charge is -2.01. The quantitative estimate of drug-likeness (QED) is 0.694. The van der Waals surface area contributed by atoms with Gasteiger partial charge in [0.2, 0.25) is 0 Å². The number of ketones is 1. The molecule has 1 aromatic heterocycles. The Morgan fingerprint density at radius 1 is 1.21 bits per heavy atom. The van der Waals surface area contributed by atoms with Crippen molar-refractivity contribution in [3.8, 4) is 5.75 Å². The molecule has 1 aromatic carbocycles. The normalized spacial score (nSPS) is 9.38. The third-order valence-corrected chi connectivity index (χ3v) is 2.87. The summed E-state index contributed by atoms with van der Waals surface area (Å²) >= 11 is 0. The number of aryl methyl sites for hydroxylation is 1. The Kier molecular flexibility index (Phi) is 12.8. The molecule has 0 aliphatic heterocycles. The molecule has 24 heavy (non-hydrogen) atoms. The van der Waals surface area contributed by atoms with Crippen LogP contribution in [0.15, 0.2) is 54.9 Å². The van der Waals surface area contributed by atoms with E-state index in [1.165, 1.54) is 25.0 Å². The first kappa shape index (κ1) is 21.6. The fraction of sp³-hybridized carbons (Fsp3) is 0.333. The lowest BCUT2D eigenvalue weighted by Crippen LogP contribution is -1.86. The summed E-state index contributed by atoms with van der Waals surface area (Å²) in [6, 6.07) is 11.9. The summed E-state index contributed by atoms with van der Waals surface area (Å²) in [7, 11) is 1.70. The number of methoxy groups -OCH3 is 1. The SMILES string of the molecule is CC.CC(=O)/C=C/c1cccnc1.CCCc1cccc(OC)c1. The van der Waals surface area contributed by atoms with Crippen molar-refractivity contribution in [2.24, 2.45) is 0 Å². The van der Waals surface area contributed by atoms with Crippen LogP contribution in [0.2, 0.25) is 0 Å². The largest absolute Gasteiger partial charge is 0.497 e. The van der Waals surface area contributed by atoms with E-state index in [9.17, 15) is 4.79 Å². The van der Waals surface area contributed by atoms with Gasteiger partial charge in [0.05, 0.1) is 7.11 Å². The van der Waals surface area contributed by atoms with Crippen molar-refractivity contribution in [1.29, 1.82) is 0 Å². The van der Waals surface area contributed by atoms with Gasteiger partial charge in [0.1, 0.15) is 5.75 Å². The van der Waals surface area contributed by atoms with E-state index in [1.54, 1.807) is 25.6 Å². The van der Waals surface area contributed by atoms with Gasteiger partial charge in [-0.05, 0) is 54.8 Å². The zero-order valence-corrected chi connectivity index (χ0v) is 15.5. The molecule has 3 nitrogen and oxygen atoms in total. The summed E-state index contributed by atoms with van der Waals surface area (Å²) in [4.78, 5) is 14.4. The number of ether oxygens (including phenoxy) is 1. The van der Waals surface area contributed by atoms with Crippen molar-refractivity contribution in [3.05, 3.63) is 66.0 Å². The summed E-state index contributed by atoms with van der Waals surface area (Å²) in [5.41, 5.74) is 2.30. The third-order valence-electron chi connectivity index (χ3n) is 2.87. The van der Waals surface area contributed by atoms with Gasteiger partial charge in [-0.2, -0.15) is 0 Å². The number of aromatic nitrogens is 1. The highest BCUT2D eigenvalue weighted by molar-refractivity contribution is 5.91. The van der Waals surface area contributed by atoms with Crippen LogP contribution < -0.4 is 4.74 Å². The van der Waals surface area contributed by atoms with Crippen LogP contribution in [0.5, 0.6) is 5.75 Å². The Bertz CT molecular complexity index is 592. The van der Waals surface area contributed by atoms with E-state index < -0.39 is 0 Å². The number of allylic oxidation sites excluding steroid dienone is 1. The molecule has 0 saturated heterocycles. The molecule has 0 radical (unpaired) electrons. The van der Waals surface area contributed by atoms with Gasteiger partial charge in [-0.15, -0.1) is 0 Å². The van der Waals surface area contributed by atoms with Crippen molar-refractivity contribution in [2.45, 2.75) is 40.5 Å². The van der Waals surface area contributed by atoms with E-state index in [-0.39, 0.29) is 5.78 Å². The predicted octanol–water partition coefficient (Wildman–Crippen LogP) is 5.36. The Balaban J connectivity index is 0.000000400. The van der Waals surface area contributed by atoms with Crippen LogP contribution in [0.25, 0.3) is 6.08 Å². The second kappa shape index (κ2) is 14.2. The molecule has 0 fully saturated rings. The van der Waals surface area contributed by atoms with Crippen molar-refractivity contribution >= 4 is 11.9 Å². The van der Waals surface area contributed by atoms with Crippen LogP contribution in [0.3, 0.4) is 0 Å². The number of carbonyl (C=O) groups excluding carboxylic acids is 1. The highest BCUT2D eigenvalue weighted by Crippen LogP contribution is 2.13. The molecule has 2 rings (SSSR count). The maximum Gasteiger partial charge on any atom is 0.152 e. The first-order valence-corrected chi connectivity index (χ1v) is 8.37. The van der Waals surface area contributed by atoms with Gasteiger partial charge in [0.15, 0.2) is 5.78 Å². The van der Waals surface area contributed by atoms with Crippen LogP contribution >= 0.6 is 0 Å². The van der Waals surface area contributed by atoms with Gasteiger partial charge in [-0.25, -0.2) is 0 Å². The molecular weight excluding hydrogens is 298 g/mol. The van der Waals surface area contributed by atoms with Crippen LogP contribution in [0.4, 0.5) is 0 Å². The molecule has 0 N–H and O–H groups in total. The number of rotatable bonds is 5. The molecule has 0 unspecified atom stereocenters. The molecule has 3 heteroatoms. The highest BCUT2D eigenvalue weighted by atomic mass is 16.5. The molecule has 0 saturated carbocycles. The van der Waals surface area contributed by atoms with Gasteiger partial charge in [0, 0.05) is 12.4 Å². The van der Waals surface area contributed by atoms with E-state index in [4.69, 9.17) is 4.74 Å². The monoisotopic (exact) mass is 327 g/mol. The average molecular weight is 327 g/mol. The molecule has 130 valence electrons. The second-order valence-electron chi connectivity index (χ2n) is 4.83. The minimum atomic E-state index is 0.0499. The fourth-order valence-corrected chi connectivity index (χ4v) is 1.80. The zero-order chi connectivity index (χ0) is 18.2. The summed E-state index contributed by atoms with van der Waals surface area (Å²) in [6.45, 7) is 7.70. The Hall–Kier alpha value is -2.42. The summed E-state index contributed by atoms with van der Waals surface area (Å²) < 4.78 is 5.10. The van der Waals surface area contributed by atoms with Crippen LogP contribution in [0, 0.1) is 0 Å². The van der Waals surface area contributed by atoms with E-state index in [0.29, 0.717) is 0 Å². The van der Waals surface area contributed by atoms with Crippen LogP contribution in [-0.2, 0) is 11.2 Å². The highest BCUT2D eigenvalue weighted by Gasteiger charge is 1.92. The molecular formula is C21H29NO2. The number of benzene rings is 1. The van der Waals surface area contributed by atoms with Crippen molar-refractivity contribution in [1.82, 2.24) is 4.98 Å². The standard InChI is InChI=1S/C10H14O.C9H9NO.C2H6/c1-3-5-9-6-4-7-10(8-9)11-2;1-8(11)4-5-9-3-2-6-10-7-9;1-2/h4,6-8H,3,5H2,1-2H3;2-7H,1H3;1-2H3/b;5-4+;. The third kappa shape index (κ3) is 10.3. The molecule has 2 aromatic rings. The second-order valence-corrected chi connectivity index (χ2v) is 4.83. The van der Waals surface area contributed by atoms with Crippen molar-refractivity contribution < 1.29 is 9.53 Å². The first-order chi connectivity index (χ1) is 11.7. The fourth-order valence-electron chi connectivity index (χ4n) is 1.80. The smallest absolute Gasteiger partial charge is 0.152 e. The molecule has 0 bridgehead atoms. The molecule has 0 aliphatic carbocycles. The number of pyridine rings is 1. The molecule has 0 aliphatic rings. The van der Waals surface area contributed by atoms with Crippen molar-refractivity contribution in [3.63, 3.8) is 0 Å². The lowest BCUT2D eigenvalue weighted by atomic mass is 10.1. The van der Waals surface area contributed by atoms with Crippen molar-refractivity contribution in [2.75, 3.05) is 7.11 Å². The van der Waals surface area contributed by atoms with Crippen LogP contribution in [-0.4, -0.2) is 17.9 Å². The molecule has 0 atom stereocenters. The Labute approximate surface area is 146 Å². The van der Waals surface area contributed by atoms with Gasteiger partial charge in [-0.3, -0.25) is 9.78 Å². The molecule has 1 heterocycles. The first-order valence-electron chi connectivity index (χ1n) is 8.37. The number of nitrogens with zero attached hydrogens (tertiary/aromatic N) is 1. The summed E-state index contributed by atoms with van der Waals surface area (Å²) in [5, 5.41) is 0. The Morgan fingerprint density at radius 2 is 1.96 bits per heavy atom. The van der Waals surface area contributed by atoms with E-state index in [0.717, 1.165) is 17.7 Å². The lowest BCUT2D eigenvalue weighted by molar-refractivity contribution is -0.112. The number of hydrogen-bond acceptors (Lipinski definition) is 3.